The van der Waals surface area contributed by atoms with Gasteiger partial charge in [0, 0.05) is 60.7 Å². The predicted molar refractivity (Wildman–Crippen MR) is 156 cm³/mol. The minimum atomic E-state index is -0.604. The second kappa shape index (κ2) is 12.4. The van der Waals surface area contributed by atoms with Gasteiger partial charge in [-0.15, -0.1) is 11.3 Å². The van der Waals surface area contributed by atoms with Crippen LogP contribution in [-0.2, 0) is 16.0 Å². The Morgan fingerprint density at radius 1 is 1.00 bits per heavy atom. The highest BCUT2D eigenvalue weighted by molar-refractivity contribution is 7.10. The molecule has 3 heterocycles. The van der Waals surface area contributed by atoms with E-state index < -0.39 is 11.8 Å². The normalized spacial score (nSPS) is 15.6. The Hall–Kier alpha value is -3.82. The Bertz CT molecular complexity index is 1390. The molecule has 5 rings (SSSR count). The highest BCUT2D eigenvalue weighted by Crippen LogP contribution is 2.32. The largest absolute Gasteiger partial charge is 0.495 e. The first-order chi connectivity index (χ1) is 19.0. The molecule has 1 fully saturated rings. The molecule has 0 spiro atoms. The molecule has 1 saturated heterocycles. The summed E-state index contributed by atoms with van der Waals surface area (Å²) in [7, 11) is 1.70. The third-order valence-electron chi connectivity index (χ3n) is 7.36. The van der Waals surface area contributed by atoms with Gasteiger partial charge < -0.3 is 25.3 Å². The Morgan fingerprint density at radius 3 is 2.54 bits per heavy atom. The summed E-state index contributed by atoms with van der Waals surface area (Å²) in [5.41, 5.74) is 3.27. The van der Waals surface area contributed by atoms with Gasteiger partial charge in [0.05, 0.1) is 18.8 Å². The highest BCUT2D eigenvalue weighted by atomic mass is 32.1. The maximum absolute atomic E-state index is 12.9. The van der Waals surface area contributed by atoms with E-state index in [1.807, 2.05) is 55.6 Å². The molecule has 2 aromatic carbocycles. The van der Waals surface area contributed by atoms with Crippen LogP contribution in [-0.4, -0.2) is 67.6 Å². The molecule has 2 atom stereocenters. The van der Waals surface area contributed by atoms with Crippen molar-refractivity contribution in [2.24, 2.45) is 0 Å². The van der Waals surface area contributed by atoms with Gasteiger partial charge in [-0.2, -0.15) is 0 Å². The molecule has 1 aliphatic rings. The fourth-order valence-corrected chi connectivity index (χ4v) is 6.38. The van der Waals surface area contributed by atoms with Gasteiger partial charge in [-0.25, -0.2) is 0 Å². The van der Waals surface area contributed by atoms with Crippen molar-refractivity contribution >= 4 is 39.7 Å². The lowest BCUT2D eigenvalue weighted by atomic mass is 10.0. The summed E-state index contributed by atoms with van der Waals surface area (Å²) in [5, 5.41) is 8.95. The van der Waals surface area contributed by atoms with Crippen molar-refractivity contribution < 1.29 is 14.3 Å². The molecular formula is C30H35N5O3S. The van der Waals surface area contributed by atoms with Gasteiger partial charge >= 0.3 is 11.8 Å². The Morgan fingerprint density at radius 2 is 1.77 bits per heavy atom. The summed E-state index contributed by atoms with van der Waals surface area (Å²) in [6.45, 7) is 5.72. The van der Waals surface area contributed by atoms with Crippen molar-refractivity contribution in [3.63, 3.8) is 0 Å². The summed E-state index contributed by atoms with van der Waals surface area (Å²) in [6, 6.07) is 20.0. The number of benzene rings is 2. The molecule has 0 bridgehead atoms. The van der Waals surface area contributed by atoms with E-state index in [2.05, 4.69) is 49.0 Å². The van der Waals surface area contributed by atoms with Gasteiger partial charge in [0.15, 0.2) is 0 Å². The third-order valence-corrected chi connectivity index (χ3v) is 8.30. The first-order valence-corrected chi connectivity index (χ1v) is 14.2. The molecule has 9 heteroatoms. The number of rotatable bonds is 9. The minimum absolute atomic E-state index is 0.0206. The maximum atomic E-state index is 12.9. The van der Waals surface area contributed by atoms with Crippen molar-refractivity contribution in [1.82, 2.24) is 20.5 Å². The van der Waals surface area contributed by atoms with E-state index in [-0.39, 0.29) is 12.1 Å². The number of piperazine rings is 1. The number of ether oxygens (including phenoxy) is 1. The summed E-state index contributed by atoms with van der Waals surface area (Å²) < 4.78 is 5.56. The van der Waals surface area contributed by atoms with Crippen LogP contribution in [0.15, 0.2) is 72.2 Å². The number of fused-ring (bicyclic) bond motifs is 1. The van der Waals surface area contributed by atoms with Crippen LogP contribution < -0.4 is 20.3 Å². The van der Waals surface area contributed by atoms with Crippen LogP contribution in [0, 0.1) is 0 Å². The number of carbonyl (C=O) groups is 2. The fraction of sp³-hybridized carbons (Fsp3) is 0.333. The second-order valence-corrected chi connectivity index (χ2v) is 10.8. The van der Waals surface area contributed by atoms with Gasteiger partial charge in [-0.1, -0.05) is 36.4 Å². The Balaban J connectivity index is 1.17. The molecule has 0 aliphatic carbocycles. The van der Waals surface area contributed by atoms with Crippen LogP contribution in [0.2, 0.25) is 0 Å². The van der Waals surface area contributed by atoms with E-state index in [1.165, 1.54) is 4.88 Å². The number of thiophene rings is 1. The molecule has 8 nitrogen and oxygen atoms in total. The Labute approximate surface area is 233 Å². The first-order valence-electron chi connectivity index (χ1n) is 13.3. The molecular weight excluding hydrogens is 510 g/mol. The number of nitrogens with one attached hydrogen (secondary N) is 3. The predicted octanol–water partition coefficient (Wildman–Crippen LogP) is 3.96. The number of para-hydroxylation sites is 3. The zero-order valence-corrected chi connectivity index (χ0v) is 23.2. The average molecular weight is 546 g/mol. The van der Waals surface area contributed by atoms with E-state index >= 15 is 0 Å². The van der Waals surface area contributed by atoms with Crippen molar-refractivity contribution in [2.45, 2.75) is 25.4 Å². The highest BCUT2D eigenvalue weighted by Gasteiger charge is 2.32. The van der Waals surface area contributed by atoms with Gasteiger partial charge in [0.1, 0.15) is 5.75 Å². The molecule has 39 heavy (non-hydrogen) atoms. The van der Waals surface area contributed by atoms with Crippen LogP contribution in [0.4, 0.5) is 5.69 Å². The van der Waals surface area contributed by atoms with E-state index in [1.54, 1.807) is 18.4 Å². The van der Waals surface area contributed by atoms with Crippen molar-refractivity contribution in [3.8, 4) is 5.75 Å². The van der Waals surface area contributed by atoms with Gasteiger partial charge in [-0.05, 0) is 48.6 Å². The SMILES string of the molecule is COc1ccccc1N1CCN([C@H](c2cccs2)[C@H](C)NC(=O)C(=O)NCCc2c[nH]c3ccccc23)CC1. The number of methoxy groups -OCH3 is 1. The first kappa shape index (κ1) is 26.8. The molecule has 2 amide bonds. The average Bonchev–Trinajstić information content (AvgIpc) is 3.64. The summed E-state index contributed by atoms with van der Waals surface area (Å²) in [5.74, 6) is -0.333. The number of amides is 2. The molecule has 2 aromatic heterocycles. The van der Waals surface area contributed by atoms with Gasteiger partial charge in [-0.3, -0.25) is 14.5 Å². The van der Waals surface area contributed by atoms with Crippen LogP contribution >= 0.6 is 11.3 Å². The molecule has 0 radical (unpaired) electrons. The second-order valence-electron chi connectivity index (χ2n) is 9.78. The number of H-pyrrole nitrogens is 1. The number of hydrogen-bond donors (Lipinski definition) is 3. The summed E-state index contributed by atoms with van der Waals surface area (Å²) >= 11 is 1.67. The van der Waals surface area contributed by atoms with Crippen molar-refractivity contribution in [3.05, 3.63) is 82.7 Å². The van der Waals surface area contributed by atoms with E-state index in [4.69, 9.17) is 4.74 Å². The standard InChI is InChI=1S/C30H35N5O3S/c1-21(33-30(37)29(36)31-14-13-22-20-32-24-9-4-3-8-23(22)24)28(27-12-7-19-39-27)35-17-15-34(16-18-35)25-10-5-6-11-26(25)38-2/h3-12,19-21,28,32H,13-18H2,1-2H3,(H,31,36)(H,33,37)/t21-,28-/m0/s1. The Kier molecular flexibility index (Phi) is 8.48. The molecule has 0 unspecified atom stereocenters. The number of anilines is 1. The lowest BCUT2D eigenvalue weighted by molar-refractivity contribution is -0.139. The van der Waals surface area contributed by atoms with E-state index in [9.17, 15) is 9.59 Å². The maximum Gasteiger partial charge on any atom is 0.309 e. The zero-order valence-electron chi connectivity index (χ0n) is 22.4. The molecule has 204 valence electrons. The van der Waals surface area contributed by atoms with Crippen molar-refractivity contribution in [2.75, 3.05) is 44.7 Å². The number of nitrogens with zero attached hydrogens (tertiary/aromatic N) is 2. The number of hydrogen-bond acceptors (Lipinski definition) is 6. The van der Waals surface area contributed by atoms with Crippen LogP contribution in [0.25, 0.3) is 10.9 Å². The topological polar surface area (TPSA) is 89.7 Å². The zero-order chi connectivity index (χ0) is 27.2. The van der Waals surface area contributed by atoms with Crippen LogP contribution in [0.1, 0.15) is 23.4 Å². The lowest BCUT2D eigenvalue weighted by Gasteiger charge is -2.42. The van der Waals surface area contributed by atoms with Gasteiger partial charge in [0.2, 0.25) is 0 Å². The fourth-order valence-electron chi connectivity index (χ4n) is 5.41. The smallest absolute Gasteiger partial charge is 0.309 e. The van der Waals surface area contributed by atoms with E-state index in [0.717, 1.165) is 54.1 Å². The third kappa shape index (κ3) is 6.10. The van der Waals surface area contributed by atoms with Crippen molar-refractivity contribution in [1.29, 1.82) is 0 Å². The van der Waals surface area contributed by atoms with E-state index in [0.29, 0.717) is 13.0 Å². The molecule has 4 aromatic rings. The molecule has 3 N–H and O–H groups in total. The summed E-state index contributed by atoms with van der Waals surface area (Å²) in [6.07, 6.45) is 2.60. The quantitative estimate of drug-likeness (QED) is 0.277. The molecule has 0 saturated carbocycles. The van der Waals surface area contributed by atoms with Gasteiger partial charge in [0.25, 0.3) is 0 Å². The summed E-state index contributed by atoms with van der Waals surface area (Å²) in [4.78, 5) is 34.7. The monoisotopic (exact) mass is 545 g/mol. The molecule has 1 aliphatic heterocycles. The van der Waals surface area contributed by atoms with Crippen LogP contribution in [0.3, 0.4) is 0 Å². The number of carbonyl (C=O) groups excluding carboxylic acids is 2. The minimum Gasteiger partial charge on any atom is -0.495 e. The number of aromatic amines is 1. The number of aromatic nitrogens is 1. The lowest BCUT2D eigenvalue weighted by Crippen LogP contribution is -2.53. The van der Waals surface area contributed by atoms with Crippen LogP contribution in [0.5, 0.6) is 5.75 Å².